The topological polar surface area (TPSA) is 24.5 Å². The van der Waals surface area contributed by atoms with Crippen LogP contribution in [-0.2, 0) is 4.74 Å². The summed E-state index contributed by atoms with van der Waals surface area (Å²) in [7, 11) is 0. The van der Waals surface area contributed by atoms with Crippen molar-refractivity contribution in [1.82, 2.24) is 10.2 Å². The molecule has 2 aliphatic rings. The Morgan fingerprint density at radius 3 is 3.27 bits per heavy atom. The molecule has 2 heterocycles. The Labute approximate surface area is 66.3 Å². The van der Waals surface area contributed by atoms with Gasteiger partial charge in [-0.3, -0.25) is 0 Å². The summed E-state index contributed by atoms with van der Waals surface area (Å²) in [5, 5.41) is 3.31. The highest BCUT2D eigenvalue weighted by Crippen LogP contribution is 2.14. The fraction of sp³-hybridized carbons (Fsp3) is 0.500. The first-order valence-corrected chi connectivity index (χ1v) is 3.77. The minimum atomic E-state index is 0.485. The van der Waals surface area contributed by atoms with Crippen LogP contribution in [0.25, 0.3) is 0 Å². The van der Waals surface area contributed by atoms with Crippen molar-refractivity contribution < 1.29 is 4.74 Å². The highest BCUT2D eigenvalue weighted by Gasteiger charge is 2.17. The lowest BCUT2D eigenvalue weighted by atomic mass is 10.3. The van der Waals surface area contributed by atoms with Crippen molar-refractivity contribution in [1.29, 1.82) is 0 Å². The summed E-state index contributed by atoms with van der Waals surface area (Å²) in [6, 6.07) is 0.485. The fourth-order valence-electron chi connectivity index (χ4n) is 1.28. The molecule has 0 amide bonds. The molecule has 0 spiro atoms. The van der Waals surface area contributed by atoms with E-state index in [1.807, 2.05) is 6.20 Å². The molecule has 59 valence electrons. The van der Waals surface area contributed by atoms with Gasteiger partial charge in [-0.15, -0.1) is 0 Å². The molecule has 2 rings (SSSR count). The molecule has 0 aromatic rings. The van der Waals surface area contributed by atoms with Gasteiger partial charge in [0.25, 0.3) is 0 Å². The summed E-state index contributed by atoms with van der Waals surface area (Å²) in [4.78, 5) is 2.05. The van der Waals surface area contributed by atoms with Crippen molar-refractivity contribution in [3.05, 3.63) is 24.2 Å². The van der Waals surface area contributed by atoms with Gasteiger partial charge in [0.1, 0.15) is 0 Å². The first kappa shape index (κ1) is 6.73. The van der Waals surface area contributed by atoms with Crippen LogP contribution in [0.2, 0.25) is 0 Å². The molecule has 0 saturated carbocycles. The van der Waals surface area contributed by atoms with Crippen LogP contribution in [-0.4, -0.2) is 24.2 Å². The summed E-state index contributed by atoms with van der Waals surface area (Å²) in [6.45, 7) is 3.68. The fourth-order valence-corrected chi connectivity index (χ4v) is 1.28. The molecular formula is C8H11N2O. The molecular weight excluding hydrogens is 140 g/mol. The minimum Gasteiger partial charge on any atom is -0.467 e. The van der Waals surface area contributed by atoms with Crippen LogP contribution in [0.5, 0.6) is 0 Å². The molecule has 3 heteroatoms. The second-order valence-corrected chi connectivity index (χ2v) is 2.82. The third-order valence-electron chi connectivity index (χ3n) is 1.91. The summed E-state index contributed by atoms with van der Waals surface area (Å²) < 4.78 is 4.96. The summed E-state index contributed by atoms with van der Waals surface area (Å²) in [5.74, 6) is 0. The van der Waals surface area contributed by atoms with Crippen LogP contribution in [0, 0.1) is 6.26 Å². The summed E-state index contributed by atoms with van der Waals surface area (Å²) >= 11 is 0. The van der Waals surface area contributed by atoms with Crippen molar-refractivity contribution in [3.8, 4) is 0 Å². The predicted molar refractivity (Wildman–Crippen MR) is 41.2 cm³/mol. The first-order chi connectivity index (χ1) is 5.36. The Hall–Kier alpha value is -0.960. The van der Waals surface area contributed by atoms with Gasteiger partial charge in [0.05, 0.1) is 6.20 Å². The lowest BCUT2D eigenvalue weighted by Gasteiger charge is -2.13. The van der Waals surface area contributed by atoms with Gasteiger partial charge < -0.3 is 15.0 Å². The van der Waals surface area contributed by atoms with Gasteiger partial charge in [-0.1, -0.05) is 0 Å². The SMILES string of the molecule is CC1C=C(N2C=[C]OC2)CN1. The third kappa shape index (κ3) is 1.24. The molecule has 1 radical (unpaired) electrons. The van der Waals surface area contributed by atoms with E-state index in [-0.39, 0.29) is 0 Å². The van der Waals surface area contributed by atoms with E-state index in [0.717, 1.165) is 6.54 Å². The molecule has 0 bridgehead atoms. The molecule has 3 nitrogen and oxygen atoms in total. The number of hydrogen-bond donors (Lipinski definition) is 1. The Morgan fingerprint density at radius 1 is 1.82 bits per heavy atom. The van der Waals surface area contributed by atoms with Crippen molar-refractivity contribution in [2.24, 2.45) is 0 Å². The quantitative estimate of drug-likeness (QED) is 0.588. The zero-order valence-electron chi connectivity index (χ0n) is 6.50. The third-order valence-corrected chi connectivity index (χ3v) is 1.91. The molecule has 11 heavy (non-hydrogen) atoms. The Balaban J connectivity index is 2.04. The highest BCUT2D eigenvalue weighted by atomic mass is 16.5. The Kier molecular flexibility index (Phi) is 1.58. The highest BCUT2D eigenvalue weighted by molar-refractivity contribution is 5.15. The van der Waals surface area contributed by atoms with Crippen LogP contribution < -0.4 is 5.32 Å². The second kappa shape index (κ2) is 2.58. The largest absolute Gasteiger partial charge is 0.467 e. The molecule has 0 saturated heterocycles. The zero-order valence-corrected chi connectivity index (χ0v) is 6.50. The molecule has 0 aliphatic carbocycles. The summed E-state index contributed by atoms with van der Waals surface area (Å²) in [5.41, 5.74) is 1.28. The van der Waals surface area contributed by atoms with Gasteiger partial charge in [-0.2, -0.15) is 0 Å². The predicted octanol–water partition coefficient (Wildman–Crippen LogP) is 0.426. The Morgan fingerprint density at radius 2 is 2.73 bits per heavy atom. The maximum atomic E-state index is 4.96. The average Bonchev–Trinajstić information content (AvgIpc) is 2.55. The van der Waals surface area contributed by atoms with Crippen LogP contribution in [0.4, 0.5) is 0 Å². The maximum absolute atomic E-state index is 4.96. The lowest BCUT2D eigenvalue weighted by molar-refractivity contribution is 0.182. The van der Waals surface area contributed by atoms with E-state index in [9.17, 15) is 0 Å². The van der Waals surface area contributed by atoms with E-state index >= 15 is 0 Å². The number of nitrogens with zero attached hydrogens (tertiary/aromatic N) is 1. The van der Waals surface area contributed by atoms with Crippen molar-refractivity contribution >= 4 is 0 Å². The van der Waals surface area contributed by atoms with Crippen LogP contribution in [0.3, 0.4) is 0 Å². The van der Waals surface area contributed by atoms with Gasteiger partial charge in [0, 0.05) is 18.3 Å². The number of nitrogens with one attached hydrogen (secondary N) is 1. The molecule has 2 aliphatic heterocycles. The normalized spacial score (nSPS) is 29.0. The van der Waals surface area contributed by atoms with E-state index in [1.165, 1.54) is 5.70 Å². The standard InChI is InChI=1S/C8H11N2O/c1-7-4-8(5-9-7)10-2-3-11-6-10/h2,4,7,9H,5-6H2,1H3. The van der Waals surface area contributed by atoms with E-state index < -0.39 is 0 Å². The number of ether oxygens (including phenoxy) is 1. The van der Waals surface area contributed by atoms with Crippen molar-refractivity contribution in [2.75, 3.05) is 13.3 Å². The van der Waals surface area contributed by atoms with Crippen molar-refractivity contribution in [2.45, 2.75) is 13.0 Å². The van der Waals surface area contributed by atoms with Crippen LogP contribution in [0.1, 0.15) is 6.92 Å². The molecule has 0 aromatic heterocycles. The van der Waals surface area contributed by atoms with Gasteiger partial charge >= 0.3 is 0 Å². The maximum Gasteiger partial charge on any atom is 0.181 e. The lowest BCUT2D eigenvalue weighted by Crippen LogP contribution is -2.22. The van der Waals surface area contributed by atoms with Crippen LogP contribution in [0.15, 0.2) is 18.0 Å². The van der Waals surface area contributed by atoms with E-state index in [1.54, 1.807) is 0 Å². The van der Waals surface area contributed by atoms with E-state index in [2.05, 4.69) is 29.5 Å². The first-order valence-electron chi connectivity index (χ1n) is 3.77. The number of rotatable bonds is 1. The number of hydrogen-bond acceptors (Lipinski definition) is 3. The van der Waals surface area contributed by atoms with Gasteiger partial charge in [-0.25, -0.2) is 0 Å². The Bertz CT molecular complexity index is 210. The van der Waals surface area contributed by atoms with Gasteiger partial charge in [-0.05, 0) is 13.0 Å². The van der Waals surface area contributed by atoms with Gasteiger partial charge in [0.15, 0.2) is 13.0 Å². The zero-order chi connectivity index (χ0) is 7.68. The van der Waals surface area contributed by atoms with E-state index in [0.29, 0.717) is 12.8 Å². The van der Waals surface area contributed by atoms with E-state index in [4.69, 9.17) is 4.74 Å². The van der Waals surface area contributed by atoms with Crippen LogP contribution >= 0.6 is 0 Å². The molecule has 0 fully saturated rings. The molecule has 1 N–H and O–H groups in total. The smallest absolute Gasteiger partial charge is 0.181 e. The van der Waals surface area contributed by atoms with Gasteiger partial charge in [0.2, 0.25) is 0 Å². The second-order valence-electron chi connectivity index (χ2n) is 2.82. The molecule has 1 atom stereocenters. The minimum absolute atomic E-state index is 0.485. The molecule has 0 aromatic carbocycles. The average molecular weight is 151 g/mol. The monoisotopic (exact) mass is 151 g/mol. The molecule has 1 unspecified atom stereocenters. The summed E-state index contributed by atoms with van der Waals surface area (Å²) in [6.07, 6.45) is 6.74. The van der Waals surface area contributed by atoms with Crippen molar-refractivity contribution in [3.63, 3.8) is 0 Å².